The normalized spacial score (nSPS) is 11.9. The Bertz CT molecular complexity index is 1230. The Morgan fingerprint density at radius 2 is 1.84 bits per heavy atom. The van der Waals surface area contributed by atoms with Crippen LogP contribution in [0.15, 0.2) is 41.3 Å². The van der Waals surface area contributed by atoms with Crippen molar-refractivity contribution in [3.63, 3.8) is 0 Å². The number of thioether (sulfide) groups is 1. The molecule has 7 nitrogen and oxygen atoms in total. The van der Waals surface area contributed by atoms with Crippen molar-refractivity contribution in [1.29, 1.82) is 0 Å². The smallest absolute Gasteiger partial charge is 0.244 e. The zero-order valence-corrected chi connectivity index (χ0v) is 20.8. The Balaban J connectivity index is 1.93. The molecule has 0 saturated heterocycles. The van der Waals surface area contributed by atoms with Crippen LogP contribution < -0.4 is 5.32 Å². The molecular weight excluding hydrogens is 444 g/mol. The SMILES string of the molecule is CCN(CC)S(=O)(=O)c1cc(C)c(C)c(NC(=O)Cn2c(CSC)nc3ccccc32)c1. The van der Waals surface area contributed by atoms with Gasteiger partial charge in [-0.1, -0.05) is 26.0 Å². The molecule has 2 aromatic carbocycles. The molecule has 0 bridgehead atoms. The molecule has 0 radical (unpaired) electrons. The number of aryl methyl sites for hydroxylation is 1. The molecule has 0 aliphatic carbocycles. The standard InChI is InChI=1S/C23H30N4O3S2/c1-6-26(7-2)32(29,30)18-12-16(3)17(4)20(13-18)25-23(28)14-27-21-11-9-8-10-19(21)24-22(27)15-31-5/h8-13H,6-7,14-15H2,1-5H3,(H,25,28). The summed E-state index contributed by atoms with van der Waals surface area (Å²) in [5.41, 5.74) is 3.92. The zero-order valence-electron chi connectivity index (χ0n) is 19.2. The fraction of sp³-hybridized carbons (Fsp3) is 0.391. The van der Waals surface area contributed by atoms with Gasteiger partial charge in [-0.2, -0.15) is 16.1 Å². The van der Waals surface area contributed by atoms with Crippen LogP contribution >= 0.6 is 11.8 Å². The Kier molecular flexibility index (Phi) is 7.63. The highest BCUT2D eigenvalue weighted by molar-refractivity contribution is 7.97. The van der Waals surface area contributed by atoms with Crippen molar-refractivity contribution in [2.75, 3.05) is 24.7 Å². The Labute approximate surface area is 194 Å². The van der Waals surface area contributed by atoms with Gasteiger partial charge in [0.1, 0.15) is 12.4 Å². The summed E-state index contributed by atoms with van der Waals surface area (Å²) in [6.45, 7) is 8.23. The minimum absolute atomic E-state index is 0.0991. The number of nitrogens with one attached hydrogen (secondary N) is 1. The number of sulfonamides is 1. The van der Waals surface area contributed by atoms with E-state index in [1.807, 2.05) is 62.8 Å². The lowest BCUT2D eigenvalue weighted by atomic mass is 10.1. The molecule has 32 heavy (non-hydrogen) atoms. The zero-order chi connectivity index (χ0) is 23.5. The largest absolute Gasteiger partial charge is 0.324 e. The minimum Gasteiger partial charge on any atom is -0.324 e. The van der Waals surface area contributed by atoms with Crippen LogP contribution in [0.3, 0.4) is 0 Å². The quantitative estimate of drug-likeness (QED) is 0.503. The predicted octanol–water partition coefficient (Wildman–Crippen LogP) is 4.19. The number of amides is 1. The van der Waals surface area contributed by atoms with Crippen molar-refractivity contribution in [3.05, 3.63) is 53.3 Å². The average molecular weight is 475 g/mol. The maximum Gasteiger partial charge on any atom is 0.244 e. The maximum atomic E-state index is 13.0. The van der Waals surface area contributed by atoms with Crippen LogP contribution in [0.2, 0.25) is 0 Å². The van der Waals surface area contributed by atoms with Gasteiger partial charge in [0.05, 0.1) is 21.7 Å². The van der Waals surface area contributed by atoms with Crippen molar-refractivity contribution < 1.29 is 13.2 Å². The Hall–Kier alpha value is -2.36. The highest BCUT2D eigenvalue weighted by Gasteiger charge is 2.24. The van der Waals surface area contributed by atoms with Gasteiger partial charge in [-0.15, -0.1) is 0 Å². The second-order valence-electron chi connectivity index (χ2n) is 7.59. The third-order valence-electron chi connectivity index (χ3n) is 5.57. The number of benzene rings is 2. The summed E-state index contributed by atoms with van der Waals surface area (Å²) in [4.78, 5) is 17.9. The van der Waals surface area contributed by atoms with E-state index < -0.39 is 10.0 Å². The molecule has 1 N–H and O–H groups in total. The van der Waals surface area contributed by atoms with Crippen molar-refractivity contribution in [2.45, 2.75) is 44.9 Å². The number of nitrogens with zero attached hydrogens (tertiary/aromatic N) is 3. The lowest BCUT2D eigenvalue weighted by Crippen LogP contribution is -2.31. The van der Waals surface area contributed by atoms with E-state index in [0.717, 1.165) is 28.0 Å². The van der Waals surface area contributed by atoms with Crippen LogP contribution in [-0.2, 0) is 27.1 Å². The number of para-hydroxylation sites is 2. The van der Waals surface area contributed by atoms with E-state index in [9.17, 15) is 13.2 Å². The molecular formula is C23H30N4O3S2. The van der Waals surface area contributed by atoms with Crippen LogP contribution in [0.4, 0.5) is 5.69 Å². The van der Waals surface area contributed by atoms with E-state index in [-0.39, 0.29) is 17.3 Å². The molecule has 0 atom stereocenters. The van der Waals surface area contributed by atoms with Crippen LogP contribution in [0, 0.1) is 13.8 Å². The summed E-state index contributed by atoms with van der Waals surface area (Å²) in [7, 11) is -3.63. The number of carbonyl (C=O) groups is 1. The van der Waals surface area contributed by atoms with Crippen molar-refractivity contribution in [2.24, 2.45) is 0 Å². The van der Waals surface area contributed by atoms with E-state index in [2.05, 4.69) is 10.3 Å². The molecule has 0 aliphatic heterocycles. The first kappa shape index (κ1) is 24.3. The van der Waals surface area contributed by atoms with Crippen molar-refractivity contribution in [1.82, 2.24) is 13.9 Å². The number of carbonyl (C=O) groups excluding carboxylic acids is 1. The fourth-order valence-electron chi connectivity index (χ4n) is 3.69. The fourth-order valence-corrected chi connectivity index (χ4v) is 5.74. The summed E-state index contributed by atoms with van der Waals surface area (Å²) < 4.78 is 29.4. The molecule has 0 saturated carbocycles. The number of hydrogen-bond acceptors (Lipinski definition) is 5. The van der Waals surface area contributed by atoms with Gasteiger partial charge < -0.3 is 9.88 Å². The van der Waals surface area contributed by atoms with E-state index in [4.69, 9.17) is 0 Å². The molecule has 0 unspecified atom stereocenters. The third kappa shape index (κ3) is 4.84. The van der Waals surface area contributed by atoms with Crippen LogP contribution in [0.25, 0.3) is 11.0 Å². The van der Waals surface area contributed by atoms with Gasteiger partial charge in [-0.25, -0.2) is 13.4 Å². The predicted molar refractivity (Wildman–Crippen MR) is 132 cm³/mol. The first-order valence-electron chi connectivity index (χ1n) is 10.6. The maximum absolute atomic E-state index is 13.0. The topological polar surface area (TPSA) is 84.3 Å². The van der Waals surface area contributed by atoms with E-state index in [1.54, 1.807) is 23.9 Å². The van der Waals surface area contributed by atoms with E-state index in [1.165, 1.54) is 4.31 Å². The molecule has 0 spiro atoms. The monoisotopic (exact) mass is 474 g/mol. The van der Waals surface area contributed by atoms with Crippen LogP contribution in [-0.4, -0.2) is 47.5 Å². The molecule has 1 aromatic heterocycles. The number of fused-ring (bicyclic) bond motifs is 1. The molecule has 0 aliphatic rings. The minimum atomic E-state index is -3.63. The third-order valence-corrected chi connectivity index (χ3v) is 8.14. The molecule has 1 amide bonds. The number of imidazole rings is 1. The van der Waals surface area contributed by atoms with Crippen molar-refractivity contribution >= 4 is 44.4 Å². The molecule has 9 heteroatoms. The number of hydrogen-bond donors (Lipinski definition) is 1. The molecule has 172 valence electrons. The van der Waals surface area contributed by atoms with Crippen LogP contribution in [0.5, 0.6) is 0 Å². The van der Waals surface area contributed by atoms with E-state index in [0.29, 0.717) is 24.5 Å². The van der Waals surface area contributed by atoms with Gasteiger partial charge in [-0.3, -0.25) is 4.79 Å². The highest BCUT2D eigenvalue weighted by atomic mass is 32.2. The van der Waals surface area contributed by atoms with Gasteiger partial charge >= 0.3 is 0 Å². The Morgan fingerprint density at radius 3 is 2.50 bits per heavy atom. The highest BCUT2D eigenvalue weighted by Crippen LogP contribution is 2.27. The summed E-state index contributed by atoms with van der Waals surface area (Å²) in [5, 5.41) is 2.93. The van der Waals surface area contributed by atoms with Gasteiger partial charge in [0.15, 0.2) is 0 Å². The second-order valence-corrected chi connectivity index (χ2v) is 10.4. The van der Waals surface area contributed by atoms with Gasteiger partial charge in [0, 0.05) is 18.8 Å². The summed E-state index contributed by atoms with van der Waals surface area (Å²) in [6.07, 6.45) is 2.00. The summed E-state index contributed by atoms with van der Waals surface area (Å²) in [5.74, 6) is 1.30. The lowest BCUT2D eigenvalue weighted by Gasteiger charge is -2.20. The molecule has 0 fully saturated rings. The number of rotatable bonds is 9. The molecule has 1 heterocycles. The van der Waals surface area contributed by atoms with Crippen LogP contribution in [0.1, 0.15) is 30.8 Å². The lowest BCUT2D eigenvalue weighted by molar-refractivity contribution is -0.116. The first-order valence-corrected chi connectivity index (χ1v) is 13.4. The van der Waals surface area contributed by atoms with Gasteiger partial charge in [-0.05, 0) is 55.5 Å². The molecule has 3 aromatic rings. The summed E-state index contributed by atoms with van der Waals surface area (Å²) >= 11 is 1.64. The van der Waals surface area contributed by atoms with E-state index >= 15 is 0 Å². The van der Waals surface area contributed by atoms with Crippen molar-refractivity contribution in [3.8, 4) is 0 Å². The van der Waals surface area contributed by atoms with Gasteiger partial charge in [0.2, 0.25) is 15.9 Å². The first-order chi connectivity index (χ1) is 15.2. The van der Waals surface area contributed by atoms with Gasteiger partial charge in [0.25, 0.3) is 0 Å². The molecule has 3 rings (SSSR count). The average Bonchev–Trinajstić information content (AvgIpc) is 3.09. The number of anilines is 1. The number of aromatic nitrogens is 2. The second kappa shape index (κ2) is 10.1. The Morgan fingerprint density at radius 1 is 1.16 bits per heavy atom. The summed E-state index contributed by atoms with van der Waals surface area (Å²) in [6, 6.07) is 11.0.